The van der Waals surface area contributed by atoms with Gasteiger partial charge in [-0.15, -0.1) is 0 Å². The zero-order valence-electron chi connectivity index (χ0n) is 22.5. The van der Waals surface area contributed by atoms with Crippen LogP contribution in [0.5, 0.6) is 11.5 Å². The molecular formula is C28H43O3P. The van der Waals surface area contributed by atoms with Gasteiger partial charge in [0.2, 0.25) is 0 Å². The highest BCUT2D eigenvalue weighted by molar-refractivity contribution is 7.42. The van der Waals surface area contributed by atoms with Crippen molar-refractivity contribution in [1.29, 1.82) is 0 Å². The Morgan fingerprint density at radius 3 is 1.44 bits per heavy atom. The predicted molar refractivity (Wildman–Crippen MR) is 138 cm³/mol. The maximum Gasteiger partial charge on any atom is 0.462 e. The molecule has 0 aromatic heterocycles. The number of rotatable bonds is 5. The molecule has 2 aromatic rings. The van der Waals surface area contributed by atoms with E-state index >= 15 is 0 Å². The molecule has 1 unspecified atom stereocenters. The highest BCUT2D eigenvalue weighted by Crippen LogP contribution is 2.49. The van der Waals surface area contributed by atoms with Gasteiger partial charge in [0.1, 0.15) is 11.5 Å². The summed E-state index contributed by atoms with van der Waals surface area (Å²) in [7, 11) is 0.0369. The van der Waals surface area contributed by atoms with Gasteiger partial charge in [-0.1, -0.05) is 92.1 Å². The molecule has 0 saturated heterocycles. The Kier molecular flexibility index (Phi) is 7.80. The molecule has 0 fully saturated rings. The molecule has 0 N–H and O–H groups in total. The van der Waals surface area contributed by atoms with Gasteiger partial charge in [0, 0.05) is 18.2 Å². The van der Waals surface area contributed by atoms with Crippen molar-refractivity contribution in [1.82, 2.24) is 0 Å². The van der Waals surface area contributed by atoms with E-state index in [9.17, 15) is 0 Å². The highest BCUT2D eigenvalue weighted by Gasteiger charge is 2.30. The molecule has 2 aromatic carbocycles. The first-order valence-corrected chi connectivity index (χ1v) is 12.5. The lowest BCUT2D eigenvalue weighted by molar-refractivity contribution is 0.316. The monoisotopic (exact) mass is 458 g/mol. The van der Waals surface area contributed by atoms with Crippen molar-refractivity contribution >= 4 is 8.60 Å². The van der Waals surface area contributed by atoms with Crippen LogP contribution in [0.2, 0.25) is 0 Å². The molecule has 0 radical (unpaired) electrons. The molecule has 0 saturated carbocycles. The maximum atomic E-state index is 6.50. The van der Waals surface area contributed by atoms with Crippen molar-refractivity contribution < 1.29 is 13.6 Å². The third kappa shape index (κ3) is 6.27. The molecule has 4 heteroatoms. The molecule has 0 bridgehead atoms. The fourth-order valence-corrected chi connectivity index (χ4v) is 4.73. The second-order valence-corrected chi connectivity index (χ2v) is 13.1. The van der Waals surface area contributed by atoms with Gasteiger partial charge in [0.15, 0.2) is 0 Å². The summed E-state index contributed by atoms with van der Waals surface area (Å²) >= 11 is 0. The largest absolute Gasteiger partial charge is 0.462 e. The Balaban J connectivity index is 2.53. The first-order valence-electron chi connectivity index (χ1n) is 11.4. The lowest BCUT2D eigenvalue weighted by Gasteiger charge is -2.30. The summed E-state index contributed by atoms with van der Waals surface area (Å²) < 4.78 is 18.7. The maximum absolute atomic E-state index is 6.50. The van der Waals surface area contributed by atoms with Crippen LogP contribution in [0.15, 0.2) is 24.3 Å². The Labute approximate surface area is 197 Å². The number of hydrogen-bond acceptors (Lipinski definition) is 3. The third-order valence-corrected chi connectivity index (χ3v) is 6.62. The molecule has 178 valence electrons. The lowest BCUT2D eigenvalue weighted by Crippen LogP contribution is -2.19. The summed E-state index contributed by atoms with van der Waals surface area (Å²) in [5.74, 6) is 1.72. The van der Waals surface area contributed by atoms with E-state index in [1.54, 1.807) is 7.11 Å². The van der Waals surface area contributed by atoms with Gasteiger partial charge in [-0.2, -0.15) is 0 Å². The van der Waals surface area contributed by atoms with Crippen molar-refractivity contribution in [2.24, 2.45) is 0 Å². The van der Waals surface area contributed by atoms with Gasteiger partial charge < -0.3 is 9.05 Å². The third-order valence-electron chi connectivity index (χ3n) is 5.66. The van der Waals surface area contributed by atoms with Crippen molar-refractivity contribution in [3.05, 3.63) is 57.6 Å². The van der Waals surface area contributed by atoms with Gasteiger partial charge in [0.25, 0.3) is 0 Å². The second-order valence-electron chi connectivity index (χ2n) is 12.0. The minimum absolute atomic E-state index is 0.0539. The predicted octanol–water partition coefficient (Wildman–Crippen LogP) is 8.84. The van der Waals surface area contributed by atoms with E-state index in [-0.39, 0.29) is 16.2 Å². The van der Waals surface area contributed by atoms with E-state index in [2.05, 4.69) is 107 Å². The average molecular weight is 459 g/mol. The molecule has 3 nitrogen and oxygen atoms in total. The zero-order chi connectivity index (χ0) is 24.6. The minimum atomic E-state index is -1.62. The molecule has 0 heterocycles. The molecule has 1 atom stereocenters. The van der Waals surface area contributed by atoms with Crippen LogP contribution in [-0.4, -0.2) is 7.11 Å². The van der Waals surface area contributed by atoms with Crippen molar-refractivity contribution in [2.45, 2.75) is 99.3 Å². The van der Waals surface area contributed by atoms with E-state index in [0.717, 1.165) is 22.6 Å². The van der Waals surface area contributed by atoms with Crippen LogP contribution in [0.1, 0.15) is 95.7 Å². The van der Waals surface area contributed by atoms with E-state index in [1.165, 1.54) is 22.3 Å². The Hall–Kier alpha value is -1.57. The quantitative estimate of drug-likeness (QED) is 0.419. The van der Waals surface area contributed by atoms with E-state index < -0.39 is 8.60 Å². The van der Waals surface area contributed by atoms with Crippen LogP contribution >= 0.6 is 8.60 Å². The van der Waals surface area contributed by atoms with Crippen molar-refractivity contribution in [3.63, 3.8) is 0 Å². The number of benzene rings is 2. The van der Waals surface area contributed by atoms with E-state index in [1.807, 2.05) is 0 Å². The van der Waals surface area contributed by atoms with Gasteiger partial charge in [-0.25, -0.2) is 0 Å². The normalized spacial score (nSPS) is 13.8. The van der Waals surface area contributed by atoms with Crippen LogP contribution in [-0.2, 0) is 20.8 Å². The summed E-state index contributed by atoms with van der Waals surface area (Å²) in [5, 5.41) is 0. The fourth-order valence-electron chi connectivity index (χ4n) is 3.76. The fraction of sp³-hybridized carbons (Fsp3) is 0.571. The minimum Gasteiger partial charge on any atom is -0.417 e. The molecule has 32 heavy (non-hydrogen) atoms. The highest BCUT2D eigenvalue weighted by atomic mass is 31.2. The van der Waals surface area contributed by atoms with Crippen LogP contribution in [0.3, 0.4) is 0 Å². The average Bonchev–Trinajstić information content (AvgIpc) is 2.61. The smallest absolute Gasteiger partial charge is 0.417 e. The van der Waals surface area contributed by atoms with Crippen LogP contribution in [0.4, 0.5) is 0 Å². The Morgan fingerprint density at radius 2 is 1.03 bits per heavy atom. The van der Waals surface area contributed by atoms with E-state index in [0.29, 0.717) is 0 Å². The molecule has 0 aliphatic heterocycles. The molecule has 0 aliphatic carbocycles. The van der Waals surface area contributed by atoms with Crippen molar-refractivity contribution in [2.75, 3.05) is 7.11 Å². The molecule has 0 amide bonds. The standard InChI is InChI=1S/C28H43O3P/c1-18-14-19(2)24(22(15-18)27(7,8)9)30-32(29-13)31-25-20(3)16-21(26(4,5)6)17-23(25)28(10,11)12/h14-17H,1-13H3. The van der Waals surface area contributed by atoms with Crippen LogP contribution < -0.4 is 9.05 Å². The van der Waals surface area contributed by atoms with Gasteiger partial charge >= 0.3 is 8.60 Å². The zero-order valence-corrected chi connectivity index (χ0v) is 23.4. The van der Waals surface area contributed by atoms with Crippen LogP contribution in [0.25, 0.3) is 0 Å². The Bertz CT molecular complexity index is 957. The summed E-state index contributed by atoms with van der Waals surface area (Å²) in [4.78, 5) is 0. The topological polar surface area (TPSA) is 27.7 Å². The van der Waals surface area contributed by atoms with Gasteiger partial charge in [-0.05, 0) is 53.7 Å². The Morgan fingerprint density at radius 1 is 0.594 bits per heavy atom. The van der Waals surface area contributed by atoms with Gasteiger partial charge in [-0.3, -0.25) is 4.52 Å². The summed E-state index contributed by atoms with van der Waals surface area (Å²) in [6.45, 7) is 26.3. The van der Waals surface area contributed by atoms with Crippen LogP contribution in [0, 0.1) is 20.8 Å². The summed E-state index contributed by atoms with van der Waals surface area (Å²) in [6.07, 6.45) is 0. The second kappa shape index (κ2) is 9.35. The molecule has 0 aliphatic rings. The molecule has 2 rings (SSSR count). The molecule has 0 spiro atoms. The molecular weight excluding hydrogens is 415 g/mol. The summed E-state index contributed by atoms with van der Waals surface area (Å²) in [5.41, 5.74) is 7.00. The number of hydrogen-bond donors (Lipinski definition) is 0. The van der Waals surface area contributed by atoms with Crippen molar-refractivity contribution in [3.8, 4) is 11.5 Å². The number of aryl methyl sites for hydroxylation is 3. The van der Waals surface area contributed by atoms with Gasteiger partial charge in [0.05, 0.1) is 0 Å². The SMILES string of the molecule is COP(Oc1c(C)cc(C)cc1C(C)(C)C)Oc1c(C)cc(C(C)(C)C)cc1C(C)(C)C. The lowest BCUT2D eigenvalue weighted by atomic mass is 9.79. The van der Waals surface area contributed by atoms with E-state index in [4.69, 9.17) is 13.6 Å². The summed E-state index contributed by atoms with van der Waals surface area (Å²) in [6, 6.07) is 8.86. The first kappa shape index (κ1) is 26.7. The first-order chi connectivity index (χ1) is 14.4.